The second kappa shape index (κ2) is 6.58. The number of urea groups is 1. The third-order valence-corrected chi connectivity index (χ3v) is 3.48. The molecule has 0 bridgehead atoms. The molecule has 0 aromatic heterocycles. The molecule has 0 aromatic carbocycles. The maximum Gasteiger partial charge on any atom is 0.315 e. The highest BCUT2D eigenvalue weighted by molar-refractivity contribution is 5.78. The van der Waals surface area contributed by atoms with Gasteiger partial charge in [0.25, 0.3) is 0 Å². The second-order valence-electron chi connectivity index (χ2n) is 4.95. The van der Waals surface area contributed by atoms with Crippen molar-refractivity contribution in [1.82, 2.24) is 10.6 Å². The summed E-state index contributed by atoms with van der Waals surface area (Å²) in [4.78, 5) is 22.7. The van der Waals surface area contributed by atoms with Crippen LogP contribution in [0.25, 0.3) is 0 Å². The van der Waals surface area contributed by atoms with Gasteiger partial charge in [-0.2, -0.15) is 0 Å². The van der Waals surface area contributed by atoms with Gasteiger partial charge in [-0.3, -0.25) is 4.79 Å². The van der Waals surface area contributed by atoms with Gasteiger partial charge in [-0.25, -0.2) is 4.79 Å². The molecule has 0 spiro atoms. The molecule has 104 valence electrons. The van der Waals surface area contributed by atoms with Crippen LogP contribution in [0.1, 0.15) is 32.6 Å². The third kappa shape index (κ3) is 3.87. The van der Waals surface area contributed by atoms with E-state index in [1.54, 1.807) is 7.11 Å². The highest BCUT2D eigenvalue weighted by Gasteiger charge is 2.44. The molecule has 1 fully saturated rings. The van der Waals surface area contributed by atoms with Gasteiger partial charge >= 0.3 is 12.0 Å². The smallest absolute Gasteiger partial charge is 0.315 e. The predicted molar refractivity (Wildman–Crippen MR) is 66.4 cm³/mol. The quantitative estimate of drug-likeness (QED) is 0.635. The Morgan fingerprint density at radius 2 is 2.11 bits per heavy atom. The monoisotopic (exact) mass is 258 g/mol. The van der Waals surface area contributed by atoms with E-state index in [9.17, 15) is 9.59 Å². The molecule has 18 heavy (non-hydrogen) atoms. The van der Waals surface area contributed by atoms with E-state index in [-0.39, 0.29) is 18.6 Å². The molecule has 1 aliphatic carbocycles. The number of carbonyl (C=O) groups excluding carboxylic acids is 1. The molecule has 2 amide bonds. The molecular formula is C12H22N2O4. The van der Waals surface area contributed by atoms with E-state index in [0.717, 1.165) is 12.8 Å². The van der Waals surface area contributed by atoms with Gasteiger partial charge in [0.15, 0.2) is 0 Å². The maximum absolute atomic E-state index is 11.6. The summed E-state index contributed by atoms with van der Waals surface area (Å²) in [6.45, 7) is 2.67. The molecule has 1 unspecified atom stereocenters. The molecule has 6 heteroatoms. The summed E-state index contributed by atoms with van der Waals surface area (Å²) in [5, 5.41) is 14.5. The fourth-order valence-corrected chi connectivity index (χ4v) is 1.96. The molecule has 1 atom stereocenters. The highest BCUT2D eigenvalue weighted by atomic mass is 16.5. The summed E-state index contributed by atoms with van der Waals surface area (Å²) in [6.07, 6.45) is 2.93. The molecule has 0 aromatic rings. The first kappa shape index (κ1) is 14.8. The standard InChI is InChI=1S/C12H22N2O4/c1-9(4-7-18-2)14-11(17)13-8-12(10(15)16)5-3-6-12/h9H,3-8H2,1-2H3,(H,15,16)(H2,13,14,17). The Kier molecular flexibility index (Phi) is 5.40. The summed E-state index contributed by atoms with van der Waals surface area (Å²) < 4.78 is 4.92. The number of ether oxygens (including phenoxy) is 1. The fourth-order valence-electron chi connectivity index (χ4n) is 1.96. The van der Waals surface area contributed by atoms with Crippen molar-refractivity contribution in [2.45, 2.75) is 38.6 Å². The van der Waals surface area contributed by atoms with E-state index < -0.39 is 11.4 Å². The van der Waals surface area contributed by atoms with Crippen molar-refractivity contribution in [3.05, 3.63) is 0 Å². The van der Waals surface area contributed by atoms with Crippen molar-refractivity contribution in [2.75, 3.05) is 20.3 Å². The Bertz CT molecular complexity index is 302. The van der Waals surface area contributed by atoms with Crippen molar-refractivity contribution in [1.29, 1.82) is 0 Å². The van der Waals surface area contributed by atoms with E-state index in [1.807, 2.05) is 6.92 Å². The van der Waals surface area contributed by atoms with Crippen LogP contribution in [-0.2, 0) is 9.53 Å². The number of methoxy groups -OCH3 is 1. The van der Waals surface area contributed by atoms with Gasteiger partial charge in [0.2, 0.25) is 0 Å². The topological polar surface area (TPSA) is 87.7 Å². The lowest BCUT2D eigenvalue weighted by Crippen LogP contribution is -2.51. The van der Waals surface area contributed by atoms with E-state index in [2.05, 4.69) is 10.6 Å². The van der Waals surface area contributed by atoms with Gasteiger partial charge < -0.3 is 20.5 Å². The first-order valence-electron chi connectivity index (χ1n) is 6.27. The SMILES string of the molecule is COCCC(C)NC(=O)NCC1(C(=O)O)CCC1. The Hall–Kier alpha value is -1.30. The minimum absolute atomic E-state index is 0.00659. The van der Waals surface area contributed by atoms with Gasteiger partial charge in [0, 0.05) is 26.3 Å². The number of rotatable bonds is 7. The molecule has 3 N–H and O–H groups in total. The van der Waals surface area contributed by atoms with Crippen LogP contribution >= 0.6 is 0 Å². The lowest BCUT2D eigenvalue weighted by Gasteiger charge is -2.37. The van der Waals surface area contributed by atoms with E-state index >= 15 is 0 Å². The zero-order valence-corrected chi connectivity index (χ0v) is 11.0. The summed E-state index contributed by atoms with van der Waals surface area (Å²) in [5.74, 6) is -0.818. The normalized spacial score (nSPS) is 18.6. The molecule has 6 nitrogen and oxygen atoms in total. The van der Waals surface area contributed by atoms with Crippen LogP contribution in [0.15, 0.2) is 0 Å². The minimum Gasteiger partial charge on any atom is -0.481 e. The van der Waals surface area contributed by atoms with Crippen LogP contribution in [0.5, 0.6) is 0 Å². The largest absolute Gasteiger partial charge is 0.481 e. The number of hydrogen-bond donors (Lipinski definition) is 3. The van der Waals surface area contributed by atoms with Crippen molar-refractivity contribution in [2.24, 2.45) is 5.41 Å². The number of aliphatic carboxylic acids is 1. The Balaban J connectivity index is 2.26. The van der Waals surface area contributed by atoms with Crippen LogP contribution in [0, 0.1) is 5.41 Å². The summed E-state index contributed by atoms with van der Waals surface area (Å²) in [7, 11) is 1.61. The Morgan fingerprint density at radius 3 is 2.56 bits per heavy atom. The van der Waals surface area contributed by atoms with Gasteiger partial charge in [0.05, 0.1) is 5.41 Å². The molecule has 1 saturated carbocycles. The van der Waals surface area contributed by atoms with E-state index in [0.29, 0.717) is 19.4 Å². The van der Waals surface area contributed by atoms with Crippen molar-refractivity contribution < 1.29 is 19.4 Å². The van der Waals surface area contributed by atoms with E-state index in [1.165, 1.54) is 0 Å². The first-order valence-corrected chi connectivity index (χ1v) is 6.27. The van der Waals surface area contributed by atoms with Gasteiger partial charge in [-0.1, -0.05) is 6.42 Å². The zero-order valence-electron chi connectivity index (χ0n) is 11.0. The molecule has 1 rings (SSSR count). The molecule has 0 heterocycles. The predicted octanol–water partition coefficient (Wildman–Crippen LogP) is 0.965. The Labute approximate surface area is 107 Å². The summed E-state index contributed by atoms with van der Waals surface area (Å²) >= 11 is 0. The number of carboxylic acid groups (broad SMARTS) is 1. The molecular weight excluding hydrogens is 236 g/mol. The van der Waals surface area contributed by atoms with Crippen molar-refractivity contribution in [3.8, 4) is 0 Å². The van der Waals surface area contributed by atoms with Crippen LogP contribution in [-0.4, -0.2) is 43.4 Å². The second-order valence-corrected chi connectivity index (χ2v) is 4.95. The summed E-state index contributed by atoms with van der Waals surface area (Å²) in [6, 6.07) is -0.307. The van der Waals surface area contributed by atoms with Crippen LogP contribution in [0.4, 0.5) is 4.79 Å². The fraction of sp³-hybridized carbons (Fsp3) is 0.833. The number of carboxylic acids is 1. The lowest BCUT2D eigenvalue weighted by molar-refractivity contribution is -0.153. The molecule has 0 aliphatic heterocycles. The van der Waals surface area contributed by atoms with Crippen LogP contribution in [0.2, 0.25) is 0 Å². The average molecular weight is 258 g/mol. The van der Waals surface area contributed by atoms with Crippen molar-refractivity contribution >= 4 is 12.0 Å². The van der Waals surface area contributed by atoms with Crippen molar-refractivity contribution in [3.63, 3.8) is 0 Å². The number of amides is 2. The van der Waals surface area contributed by atoms with Gasteiger partial charge in [-0.15, -0.1) is 0 Å². The highest BCUT2D eigenvalue weighted by Crippen LogP contribution is 2.40. The number of carbonyl (C=O) groups is 2. The first-order chi connectivity index (χ1) is 8.50. The number of nitrogens with one attached hydrogen (secondary N) is 2. The number of hydrogen-bond acceptors (Lipinski definition) is 3. The van der Waals surface area contributed by atoms with Gasteiger partial charge in [0.1, 0.15) is 0 Å². The minimum atomic E-state index is -0.818. The molecule has 0 radical (unpaired) electrons. The zero-order chi connectivity index (χ0) is 13.6. The lowest BCUT2D eigenvalue weighted by atomic mass is 9.69. The van der Waals surface area contributed by atoms with Gasteiger partial charge in [-0.05, 0) is 26.2 Å². The molecule has 1 aliphatic rings. The Morgan fingerprint density at radius 1 is 1.44 bits per heavy atom. The maximum atomic E-state index is 11.6. The molecule has 0 saturated heterocycles. The van der Waals surface area contributed by atoms with Crippen LogP contribution in [0.3, 0.4) is 0 Å². The summed E-state index contributed by atoms with van der Waals surface area (Å²) in [5.41, 5.74) is -0.743. The third-order valence-electron chi connectivity index (χ3n) is 3.48. The average Bonchev–Trinajstić information content (AvgIpc) is 2.24. The van der Waals surface area contributed by atoms with Crippen LogP contribution < -0.4 is 10.6 Å². The van der Waals surface area contributed by atoms with E-state index in [4.69, 9.17) is 9.84 Å².